The van der Waals surface area contributed by atoms with E-state index < -0.39 is 23.7 Å². The summed E-state index contributed by atoms with van der Waals surface area (Å²) in [7, 11) is 1.30. The molecule has 3 rings (SSSR count). The normalized spacial score (nSPS) is 27.3. The summed E-state index contributed by atoms with van der Waals surface area (Å²) in [5, 5.41) is 9.19. The average molecular weight is 326 g/mol. The topological polar surface area (TPSA) is 62.6 Å². The van der Waals surface area contributed by atoms with Gasteiger partial charge in [0, 0.05) is 19.1 Å². The standard InChI is InChI=1S/C18H23BN2O3/c1-16(2)17(3,4)24-19(23-16)11-18(5)13-9-12(10-20)7-8-14(13)21(6)15(18)22/h7-9H,11H2,1-6H3. The second-order valence-corrected chi connectivity index (χ2v) is 7.93. The van der Waals surface area contributed by atoms with E-state index in [0.717, 1.165) is 11.3 Å². The molecule has 6 heteroatoms. The minimum Gasteiger partial charge on any atom is -0.403 e. The first-order valence-electron chi connectivity index (χ1n) is 8.20. The quantitative estimate of drug-likeness (QED) is 0.784. The molecular formula is C18H23BN2O3. The fraction of sp³-hybridized carbons (Fsp3) is 0.556. The van der Waals surface area contributed by atoms with Crippen LogP contribution in [0.25, 0.3) is 0 Å². The Morgan fingerprint density at radius 1 is 1.17 bits per heavy atom. The smallest absolute Gasteiger partial charge is 0.403 e. The van der Waals surface area contributed by atoms with Gasteiger partial charge in [0.05, 0.1) is 28.2 Å². The van der Waals surface area contributed by atoms with Crippen LogP contribution in [0.5, 0.6) is 0 Å². The second-order valence-electron chi connectivity index (χ2n) is 7.93. The molecule has 0 aromatic heterocycles. The summed E-state index contributed by atoms with van der Waals surface area (Å²) in [5.41, 5.74) is 0.634. The molecule has 126 valence electrons. The lowest BCUT2D eigenvalue weighted by Crippen LogP contribution is -2.41. The number of likely N-dealkylation sites (N-methyl/N-ethyl adjacent to an activating group) is 1. The Bertz CT molecular complexity index is 737. The van der Waals surface area contributed by atoms with Crippen molar-refractivity contribution in [2.24, 2.45) is 0 Å². The third-order valence-corrected chi connectivity index (χ3v) is 5.74. The maximum atomic E-state index is 12.9. The van der Waals surface area contributed by atoms with Crippen LogP contribution in [-0.2, 0) is 19.5 Å². The number of amides is 1. The van der Waals surface area contributed by atoms with E-state index in [4.69, 9.17) is 9.31 Å². The zero-order valence-corrected chi connectivity index (χ0v) is 15.1. The van der Waals surface area contributed by atoms with Crippen molar-refractivity contribution in [3.63, 3.8) is 0 Å². The van der Waals surface area contributed by atoms with Gasteiger partial charge in [0.25, 0.3) is 0 Å². The second kappa shape index (κ2) is 5.08. The highest BCUT2D eigenvalue weighted by Gasteiger charge is 2.56. The van der Waals surface area contributed by atoms with Crippen LogP contribution in [0.3, 0.4) is 0 Å². The Kier molecular flexibility index (Phi) is 3.60. The van der Waals surface area contributed by atoms with E-state index in [1.807, 2.05) is 46.8 Å². The van der Waals surface area contributed by atoms with Crippen LogP contribution in [-0.4, -0.2) is 31.3 Å². The molecule has 1 amide bonds. The summed E-state index contributed by atoms with van der Waals surface area (Å²) in [4.78, 5) is 14.6. The number of hydrogen-bond acceptors (Lipinski definition) is 4. The van der Waals surface area contributed by atoms with Crippen molar-refractivity contribution in [2.45, 2.75) is 57.6 Å². The van der Waals surface area contributed by atoms with Crippen LogP contribution in [0.15, 0.2) is 18.2 Å². The van der Waals surface area contributed by atoms with Crippen LogP contribution in [0.4, 0.5) is 5.69 Å². The molecule has 0 spiro atoms. The molecule has 0 N–H and O–H groups in total. The largest absolute Gasteiger partial charge is 0.459 e. The predicted molar refractivity (Wildman–Crippen MR) is 92.8 cm³/mol. The van der Waals surface area contributed by atoms with Crippen molar-refractivity contribution in [2.75, 3.05) is 11.9 Å². The fourth-order valence-electron chi connectivity index (χ4n) is 3.51. The van der Waals surface area contributed by atoms with E-state index in [2.05, 4.69) is 6.07 Å². The highest BCUT2D eigenvalue weighted by atomic mass is 16.7. The summed E-state index contributed by atoms with van der Waals surface area (Å²) < 4.78 is 12.2. The number of hydrogen-bond donors (Lipinski definition) is 0. The summed E-state index contributed by atoms with van der Waals surface area (Å²) in [6, 6.07) is 7.53. The summed E-state index contributed by atoms with van der Waals surface area (Å²) >= 11 is 0. The molecular weight excluding hydrogens is 303 g/mol. The van der Waals surface area contributed by atoms with Gasteiger partial charge in [-0.25, -0.2) is 0 Å². The van der Waals surface area contributed by atoms with Gasteiger partial charge in [0.15, 0.2) is 0 Å². The lowest BCUT2D eigenvalue weighted by molar-refractivity contribution is -0.121. The summed E-state index contributed by atoms with van der Waals surface area (Å²) in [6.07, 6.45) is 0.422. The minimum atomic E-state index is -0.766. The number of nitrogens with zero attached hydrogens (tertiary/aromatic N) is 2. The molecule has 1 unspecified atom stereocenters. The number of benzene rings is 1. The Labute approximate surface area is 143 Å². The van der Waals surface area contributed by atoms with Crippen molar-refractivity contribution >= 4 is 18.7 Å². The Balaban J connectivity index is 1.97. The van der Waals surface area contributed by atoms with E-state index in [1.54, 1.807) is 18.0 Å². The monoisotopic (exact) mass is 326 g/mol. The third kappa shape index (κ3) is 2.27. The van der Waals surface area contributed by atoms with Crippen molar-refractivity contribution < 1.29 is 14.1 Å². The first-order valence-corrected chi connectivity index (χ1v) is 8.20. The van der Waals surface area contributed by atoms with Gasteiger partial charge in [-0.15, -0.1) is 0 Å². The molecule has 1 fully saturated rings. The Hall–Kier alpha value is -1.84. The first-order chi connectivity index (χ1) is 11.0. The van der Waals surface area contributed by atoms with Crippen molar-refractivity contribution in [3.8, 4) is 6.07 Å². The SMILES string of the molecule is CN1C(=O)C(C)(CB2OC(C)(C)C(C)(C)O2)c2cc(C#N)ccc21. The average Bonchev–Trinajstić information content (AvgIpc) is 2.81. The molecule has 0 bridgehead atoms. The number of carbonyl (C=O) groups is 1. The van der Waals surface area contributed by atoms with E-state index in [-0.39, 0.29) is 5.91 Å². The molecule has 0 saturated carbocycles. The van der Waals surface area contributed by atoms with Crippen molar-refractivity contribution in [1.29, 1.82) is 5.26 Å². The van der Waals surface area contributed by atoms with E-state index >= 15 is 0 Å². The minimum absolute atomic E-state index is 0.00213. The fourth-order valence-corrected chi connectivity index (χ4v) is 3.51. The molecule has 2 heterocycles. The van der Waals surface area contributed by atoms with Gasteiger partial charge in [-0.3, -0.25) is 4.79 Å². The molecule has 1 aromatic rings. The lowest BCUT2D eigenvalue weighted by atomic mass is 9.66. The molecule has 2 aliphatic heterocycles. The van der Waals surface area contributed by atoms with Crippen LogP contribution >= 0.6 is 0 Å². The molecule has 24 heavy (non-hydrogen) atoms. The van der Waals surface area contributed by atoms with Crippen molar-refractivity contribution in [3.05, 3.63) is 29.3 Å². The maximum absolute atomic E-state index is 12.9. The van der Waals surface area contributed by atoms with Crippen LogP contribution < -0.4 is 4.90 Å². The van der Waals surface area contributed by atoms with Crippen LogP contribution in [0, 0.1) is 11.3 Å². The highest BCUT2D eigenvalue weighted by molar-refractivity contribution is 6.47. The van der Waals surface area contributed by atoms with Crippen LogP contribution in [0.1, 0.15) is 45.7 Å². The van der Waals surface area contributed by atoms with Gasteiger partial charge < -0.3 is 14.2 Å². The molecule has 0 radical (unpaired) electrons. The zero-order valence-electron chi connectivity index (χ0n) is 15.1. The van der Waals surface area contributed by atoms with Crippen molar-refractivity contribution in [1.82, 2.24) is 0 Å². The van der Waals surface area contributed by atoms with Gasteiger partial charge in [0.2, 0.25) is 5.91 Å². The van der Waals surface area contributed by atoms with Gasteiger partial charge in [-0.2, -0.15) is 5.26 Å². The number of carbonyl (C=O) groups excluding carboxylic acids is 1. The maximum Gasteiger partial charge on any atom is 0.459 e. The van der Waals surface area contributed by atoms with Gasteiger partial charge >= 0.3 is 7.12 Å². The third-order valence-electron chi connectivity index (χ3n) is 5.74. The number of nitriles is 1. The van der Waals surface area contributed by atoms with Gasteiger partial charge in [-0.05, 0) is 58.4 Å². The van der Waals surface area contributed by atoms with Gasteiger partial charge in [0.1, 0.15) is 0 Å². The van der Waals surface area contributed by atoms with Crippen LogP contribution in [0.2, 0.25) is 6.32 Å². The Morgan fingerprint density at radius 3 is 2.29 bits per heavy atom. The summed E-state index contributed by atoms with van der Waals surface area (Å²) in [6.45, 7) is 9.91. The molecule has 1 saturated heterocycles. The van der Waals surface area contributed by atoms with E-state index in [1.165, 1.54) is 0 Å². The summed E-state index contributed by atoms with van der Waals surface area (Å²) in [5.74, 6) is 0.00213. The lowest BCUT2D eigenvalue weighted by Gasteiger charge is -2.32. The number of fused-ring (bicyclic) bond motifs is 1. The number of rotatable bonds is 2. The molecule has 0 aliphatic carbocycles. The zero-order chi connectivity index (χ0) is 17.9. The molecule has 1 atom stereocenters. The van der Waals surface area contributed by atoms with E-state index in [0.29, 0.717) is 11.9 Å². The predicted octanol–water partition coefficient (Wildman–Crippen LogP) is 2.88. The molecule has 1 aromatic carbocycles. The van der Waals surface area contributed by atoms with E-state index in [9.17, 15) is 10.1 Å². The number of anilines is 1. The highest BCUT2D eigenvalue weighted by Crippen LogP contribution is 2.47. The molecule has 2 aliphatic rings. The molecule has 5 nitrogen and oxygen atoms in total. The first kappa shape index (κ1) is 17.0. The Morgan fingerprint density at radius 2 is 1.75 bits per heavy atom. The van der Waals surface area contributed by atoms with Gasteiger partial charge in [-0.1, -0.05) is 0 Å².